The maximum absolute atomic E-state index is 11.2. The van der Waals surface area contributed by atoms with E-state index in [0.717, 1.165) is 24.0 Å². The van der Waals surface area contributed by atoms with Crippen LogP contribution in [-0.2, 0) is 9.59 Å². The van der Waals surface area contributed by atoms with Crippen molar-refractivity contribution < 1.29 is 19.8 Å². The van der Waals surface area contributed by atoms with Crippen molar-refractivity contribution in [3.63, 3.8) is 0 Å². The van der Waals surface area contributed by atoms with E-state index in [9.17, 15) is 19.8 Å². The quantitative estimate of drug-likeness (QED) is 0.701. The fourth-order valence-corrected chi connectivity index (χ4v) is 3.43. The lowest BCUT2D eigenvalue weighted by Gasteiger charge is -2.46. The fraction of sp³-hybridized carbons (Fsp3) is 0.667. The molecule has 0 radical (unpaired) electrons. The van der Waals surface area contributed by atoms with E-state index in [2.05, 4.69) is 0 Å². The highest BCUT2D eigenvalue weighted by molar-refractivity contribution is 5.82. The second kappa shape index (κ2) is 3.61. The van der Waals surface area contributed by atoms with Crippen LogP contribution in [-0.4, -0.2) is 22.2 Å². The largest absolute Gasteiger partial charge is 0.481 e. The van der Waals surface area contributed by atoms with Crippen LogP contribution in [0.2, 0.25) is 0 Å². The van der Waals surface area contributed by atoms with E-state index in [1.807, 2.05) is 13.8 Å². The van der Waals surface area contributed by atoms with Crippen molar-refractivity contribution in [3.05, 3.63) is 11.1 Å². The van der Waals surface area contributed by atoms with Gasteiger partial charge in [0.15, 0.2) is 0 Å². The summed E-state index contributed by atoms with van der Waals surface area (Å²) in [6.45, 7) is 3.89. The number of allylic oxidation sites excluding steroid dienone is 2. The fourth-order valence-electron chi connectivity index (χ4n) is 3.43. The van der Waals surface area contributed by atoms with Crippen molar-refractivity contribution in [1.82, 2.24) is 0 Å². The summed E-state index contributed by atoms with van der Waals surface area (Å²) in [7, 11) is 0. The van der Waals surface area contributed by atoms with Gasteiger partial charge in [0.1, 0.15) is 0 Å². The molecule has 1 fully saturated rings. The number of aliphatic carboxylic acids is 2. The molecule has 2 bridgehead atoms. The van der Waals surface area contributed by atoms with Gasteiger partial charge in [-0.2, -0.15) is 0 Å². The Labute approximate surface area is 94.0 Å². The van der Waals surface area contributed by atoms with E-state index in [0.29, 0.717) is 0 Å². The summed E-state index contributed by atoms with van der Waals surface area (Å²) in [4.78, 5) is 22.5. The molecule has 0 heterocycles. The minimum atomic E-state index is -0.964. The zero-order valence-corrected chi connectivity index (χ0v) is 9.43. The number of fused-ring (bicyclic) bond motifs is 2. The first-order valence-corrected chi connectivity index (χ1v) is 5.58. The molecule has 1 saturated carbocycles. The molecule has 0 aliphatic heterocycles. The smallest absolute Gasteiger partial charge is 0.308 e. The van der Waals surface area contributed by atoms with Gasteiger partial charge >= 0.3 is 11.9 Å². The van der Waals surface area contributed by atoms with Crippen molar-refractivity contribution in [2.24, 2.45) is 23.7 Å². The lowest BCUT2D eigenvalue weighted by molar-refractivity contribution is -0.161. The second-order valence-electron chi connectivity index (χ2n) is 4.88. The molecule has 4 heteroatoms. The topological polar surface area (TPSA) is 74.6 Å². The molecule has 4 unspecified atom stereocenters. The van der Waals surface area contributed by atoms with E-state index in [4.69, 9.17) is 0 Å². The molecular weight excluding hydrogens is 208 g/mol. The molecule has 3 aliphatic carbocycles. The Kier molecular flexibility index (Phi) is 2.52. The van der Waals surface area contributed by atoms with Gasteiger partial charge in [-0.3, -0.25) is 9.59 Å². The van der Waals surface area contributed by atoms with Crippen molar-refractivity contribution in [3.8, 4) is 0 Å². The van der Waals surface area contributed by atoms with Gasteiger partial charge in [0.2, 0.25) is 0 Å². The Balaban J connectivity index is 2.48. The Morgan fingerprint density at radius 2 is 1.25 bits per heavy atom. The predicted molar refractivity (Wildman–Crippen MR) is 56.8 cm³/mol. The Morgan fingerprint density at radius 3 is 1.50 bits per heavy atom. The second-order valence-corrected chi connectivity index (χ2v) is 4.88. The Morgan fingerprint density at radius 1 is 0.938 bits per heavy atom. The third-order valence-corrected chi connectivity index (χ3v) is 4.35. The number of carboxylic acid groups (broad SMARTS) is 2. The third-order valence-electron chi connectivity index (χ3n) is 4.35. The molecule has 0 amide bonds. The van der Waals surface area contributed by atoms with Crippen LogP contribution in [0.5, 0.6) is 0 Å². The molecule has 16 heavy (non-hydrogen) atoms. The van der Waals surface area contributed by atoms with Gasteiger partial charge in [-0.15, -0.1) is 0 Å². The molecule has 0 aromatic carbocycles. The van der Waals surface area contributed by atoms with Crippen LogP contribution in [0.3, 0.4) is 0 Å². The van der Waals surface area contributed by atoms with Gasteiger partial charge in [-0.05, 0) is 38.5 Å². The van der Waals surface area contributed by atoms with Crippen LogP contribution in [0.4, 0.5) is 0 Å². The number of carbonyl (C=O) groups is 2. The van der Waals surface area contributed by atoms with E-state index in [1.54, 1.807) is 0 Å². The molecule has 4 nitrogen and oxygen atoms in total. The van der Waals surface area contributed by atoms with Gasteiger partial charge < -0.3 is 10.2 Å². The molecule has 3 rings (SSSR count). The summed E-state index contributed by atoms with van der Waals surface area (Å²) < 4.78 is 0. The SMILES string of the molecule is CC1=C(C)C2CCC1C(C(=O)O)C2C(=O)O. The average molecular weight is 224 g/mol. The van der Waals surface area contributed by atoms with Crippen molar-refractivity contribution in [1.29, 1.82) is 0 Å². The zero-order valence-electron chi connectivity index (χ0n) is 9.43. The minimum absolute atomic E-state index is 0.0800. The molecule has 2 N–H and O–H groups in total. The summed E-state index contributed by atoms with van der Waals surface area (Å²) in [5, 5.41) is 18.4. The number of carboxylic acids is 2. The molecule has 0 aromatic rings. The van der Waals surface area contributed by atoms with Crippen molar-refractivity contribution in [2.45, 2.75) is 26.7 Å². The summed E-state index contributed by atoms with van der Waals surface area (Å²) >= 11 is 0. The number of rotatable bonds is 2. The Bertz CT molecular complexity index is 346. The lowest BCUT2D eigenvalue weighted by atomic mass is 9.57. The highest BCUT2D eigenvalue weighted by Crippen LogP contribution is 2.51. The first-order valence-electron chi connectivity index (χ1n) is 5.58. The van der Waals surface area contributed by atoms with Crippen molar-refractivity contribution in [2.75, 3.05) is 0 Å². The predicted octanol–water partition coefficient (Wildman–Crippen LogP) is 1.76. The van der Waals surface area contributed by atoms with Gasteiger partial charge in [-0.25, -0.2) is 0 Å². The molecule has 0 spiro atoms. The summed E-state index contributed by atoms with van der Waals surface area (Å²) in [6, 6.07) is 0. The maximum Gasteiger partial charge on any atom is 0.308 e. The van der Waals surface area contributed by atoms with Crippen LogP contribution in [0.15, 0.2) is 11.1 Å². The Hall–Kier alpha value is -1.32. The monoisotopic (exact) mass is 224 g/mol. The zero-order chi connectivity index (χ0) is 12.0. The summed E-state index contributed by atoms with van der Waals surface area (Å²) in [6.07, 6.45) is 1.63. The normalized spacial score (nSPS) is 37.6. The van der Waals surface area contributed by atoms with E-state index in [-0.39, 0.29) is 11.8 Å². The van der Waals surface area contributed by atoms with E-state index < -0.39 is 23.8 Å². The molecule has 0 saturated heterocycles. The highest BCUT2D eigenvalue weighted by Gasteiger charge is 2.52. The highest BCUT2D eigenvalue weighted by atomic mass is 16.4. The minimum Gasteiger partial charge on any atom is -0.481 e. The molecule has 4 atom stereocenters. The van der Waals surface area contributed by atoms with E-state index >= 15 is 0 Å². The molecular formula is C12H16O4. The van der Waals surface area contributed by atoms with Gasteiger partial charge in [0.25, 0.3) is 0 Å². The van der Waals surface area contributed by atoms with Crippen molar-refractivity contribution >= 4 is 11.9 Å². The first-order chi connectivity index (χ1) is 7.45. The first kappa shape index (κ1) is 11.2. The standard InChI is InChI=1S/C12H16O4/c1-5-6(2)8-4-3-7(5)9(11(13)14)10(8)12(15)16/h7-10H,3-4H2,1-2H3,(H,13,14)(H,15,16). The number of hydrogen-bond donors (Lipinski definition) is 2. The average Bonchev–Trinajstić information content (AvgIpc) is 2.23. The molecule has 88 valence electrons. The van der Waals surface area contributed by atoms with Gasteiger partial charge in [0, 0.05) is 0 Å². The summed E-state index contributed by atoms with van der Waals surface area (Å²) in [5.41, 5.74) is 2.20. The van der Waals surface area contributed by atoms with Crippen LogP contribution in [0.1, 0.15) is 26.7 Å². The van der Waals surface area contributed by atoms with Crippen LogP contribution < -0.4 is 0 Å². The molecule has 3 aliphatic rings. The molecule has 0 aromatic heterocycles. The lowest BCUT2D eigenvalue weighted by Crippen LogP contribution is -2.48. The van der Waals surface area contributed by atoms with Crippen LogP contribution in [0, 0.1) is 23.7 Å². The number of hydrogen-bond acceptors (Lipinski definition) is 2. The third kappa shape index (κ3) is 1.36. The van der Waals surface area contributed by atoms with Gasteiger partial charge in [-0.1, -0.05) is 11.1 Å². The van der Waals surface area contributed by atoms with Crippen LogP contribution >= 0.6 is 0 Å². The van der Waals surface area contributed by atoms with E-state index in [1.165, 1.54) is 0 Å². The summed E-state index contributed by atoms with van der Waals surface area (Å²) in [5.74, 6) is -3.56. The van der Waals surface area contributed by atoms with Gasteiger partial charge in [0.05, 0.1) is 11.8 Å². The maximum atomic E-state index is 11.2. The van der Waals surface area contributed by atoms with Crippen LogP contribution in [0.25, 0.3) is 0 Å².